The first kappa shape index (κ1) is 37.3. The minimum atomic E-state index is 0.173. The second kappa shape index (κ2) is 14.3. The van der Waals surface area contributed by atoms with E-state index in [4.69, 9.17) is 0 Å². The van der Waals surface area contributed by atoms with Crippen LogP contribution in [-0.2, 0) is 19.3 Å². The van der Waals surface area contributed by atoms with Gasteiger partial charge in [-0.2, -0.15) is 0 Å². The molecule has 0 spiro atoms. The Labute approximate surface area is 389 Å². The van der Waals surface area contributed by atoms with E-state index in [0.29, 0.717) is 0 Å². The molecule has 0 bridgehead atoms. The molecular weight excluding hydrogens is 809 g/mol. The van der Waals surface area contributed by atoms with Gasteiger partial charge in [-0.15, -0.1) is 0 Å². The van der Waals surface area contributed by atoms with Gasteiger partial charge in [0.15, 0.2) is 0 Å². The molecule has 4 aliphatic carbocycles. The standard InChI is InChI=1S/C65H46N2/c1-2-14-46(15-3-1)66-60-23-10-8-19-52(60)57-37-42(29-33-62(57)66)43-30-34-63-58(38-43)53-20-9-11-24-61(53)67(63)47-31-27-40-25-26-44(35-45(40)36-47)56-39-59-51-18-5-4-16-49(51)50-17-6-7-21-54(50)65(59)64-48-22-12-13-41(48)28-32-55(56)64/h1-2,4-5,7-14,16,18-21,23-35,37-39,47H,3,6,15,17,22,36H2. The Morgan fingerprint density at radius 3 is 2.00 bits per heavy atom. The van der Waals surface area contributed by atoms with E-state index in [-0.39, 0.29) is 6.04 Å². The third kappa shape index (κ3) is 5.44. The molecule has 1 atom stereocenters. The van der Waals surface area contributed by atoms with Crippen molar-refractivity contribution in [3.8, 4) is 22.3 Å². The summed E-state index contributed by atoms with van der Waals surface area (Å²) in [6.07, 6.45) is 27.3. The van der Waals surface area contributed by atoms with Crippen molar-refractivity contribution < 1.29 is 0 Å². The van der Waals surface area contributed by atoms with E-state index in [0.717, 1.165) is 38.5 Å². The molecule has 0 fully saturated rings. The number of hydrogen-bond acceptors (Lipinski definition) is 0. The Hall–Kier alpha value is -7.94. The van der Waals surface area contributed by atoms with Gasteiger partial charge in [0.05, 0.1) is 17.1 Å². The quantitative estimate of drug-likeness (QED) is 0.156. The SMILES string of the molecule is C1=CCCC(n2c3ccccc3c3cc(-c4ccc5c(c4)c4ccccc4n5C4C=Cc5ccc(-c6cc7c8ccccc8c8c(c7c7c9c(ccc67)C=CC9)C=CCC8)cc5C4)ccc32)=C1. The zero-order valence-electron chi connectivity index (χ0n) is 37.3. The van der Waals surface area contributed by atoms with Crippen LogP contribution in [0.2, 0.25) is 0 Å². The van der Waals surface area contributed by atoms with Gasteiger partial charge >= 0.3 is 0 Å². The fourth-order valence-corrected chi connectivity index (χ4v) is 12.7. The molecule has 0 saturated heterocycles. The van der Waals surface area contributed by atoms with Crippen LogP contribution in [0.15, 0.2) is 182 Å². The Balaban J connectivity index is 0.852. The molecule has 2 heterocycles. The number of allylic oxidation sites excluding steroid dienone is 7. The lowest BCUT2D eigenvalue weighted by Gasteiger charge is -2.25. The molecule has 1 unspecified atom stereocenters. The van der Waals surface area contributed by atoms with Crippen molar-refractivity contribution in [2.75, 3.05) is 0 Å². The summed E-state index contributed by atoms with van der Waals surface area (Å²) in [7, 11) is 0. The smallest absolute Gasteiger partial charge is 0.0566 e. The fourth-order valence-electron chi connectivity index (χ4n) is 12.7. The van der Waals surface area contributed by atoms with Crippen molar-refractivity contribution in [2.45, 2.75) is 44.6 Å². The van der Waals surface area contributed by atoms with Gasteiger partial charge in [-0.1, -0.05) is 152 Å². The summed E-state index contributed by atoms with van der Waals surface area (Å²) < 4.78 is 5.08. The fraction of sp³-hybridized carbons (Fsp3) is 0.108. The van der Waals surface area contributed by atoms with Crippen LogP contribution in [0.3, 0.4) is 0 Å². The molecule has 0 saturated carbocycles. The lowest BCUT2D eigenvalue weighted by atomic mass is 9.81. The van der Waals surface area contributed by atoms with Crippen LogP contribution in [0.1, 0.15) is 58.7 Å². The molecule has 15 rings (SSSR count). The van der Waals surface area contributed by atoms with Gasteiger partial charge in [0.25, 0.3) is 0 Å². The van der Waals surface area contributed by atoms with Crippen LogP contribution < -0.4 is 0 Å². The summed E-state index contributed by atoms with van der Waals surface area (Å²) in [4.78, 5) is 0. The predicted molar refractivity (Wildman–Crippen MR) is 287 cm³/mol. The minimum absolute atomic E-state index is 0.173. The molecule has 316 valence electrons. The molecule has 2 aromatic heterocycles. The summed E-state index contributed by atoms with van der Waals surface area (Å²) in [6.45, 7) is 0. The molecule has 67 heavy (non-hydrogen) atoms. The first-order valence-corrected chi connectivity index (χ1v) is 24.3. The third-order valence-electron chi connectivity index (χ3n) is 15.8. The predicted octanol–water partition coefficient (Wildman–Crippen LogP) is 17.2. The summed E-state index contributed by atoms with van der Waals surface area (Å²) >= 11 is 0. The molecule has 9 aromatic carbocycles. The monoisotopic (exact) mass is 854 g/mol. The molecule has 4 aliphatic rings. The number of benzene rings is 9. The highest BCUT2D eigenvalue weighted by Gasteiger charge is 2.25. The minimum Gasteiger partial charge on any atom is -0.333 e. The van der Waals surface area contributed by atoms with E-state index in [9.17, 15) is 0 Å². The van der Waals surface area contributed by atoms with E-state index in [1.54, 1.807) is 0 Å². The molecule has 11 aromatic rings. The van der Waals surface area contributed by atoms with Crippen molar-refractivity contribution in [1.82, 2.24) is 9.13 Å². The number of aryl methyl sites for hydroxylation is 1. The first-order chi connectivity index (χ1) is 33.2. The number of nitrogens with zero attached hydrogens (tertiary/aromatic N) is 2. The maximum Gasteiger partial charge on any atom is 0.0566 e. The van der Waals surface area contributed by atoms with Crippen molar-refractivity contribution in [3.63, 3.8) is 0 Å². The van der Waals surface area contributed by atoms with Gasteiger partial charge in [-0.25, -0.2) is 0 Å². The van der Waals surface area contributed by atoms with Crippen molar-refractivity contribution in [1.29, 1.82) is 0 Å². The first-order valence-electron chi connectivity index (χ1n) is 24.3. The van der Waals surface area contributed by atoms with Crippen LogP contribution >= 0.6 is 0 Å². The zero-order chi connectivity index (χ0) is 43.7. The van der Waals surface area contributed by atoms with Gasteiger partial charge < -0.3 is 9.13 Å². The lowest BCUT2D eigenvalue weighted by Crippen LogP contribution is -2.13. The van der Waals surface area contributed by atoms with Gasteiger partial charge in [0.1, 0.15) is 0 Å². The average molecular weight is 855 g/mol. The highest BCUT2D eigenvalue weighted by atomic mass is 15.0. The van der Waals surface area contributed by atoms with Crippen molar-refractivity contribution >= 4 is 99.9 Å². The Kier molecular flexibility index (Phi) is 7.95. The second-order valence-corrected chi connectivity index (χ2v) is 19.3. The van der Waals surface area contributed by atoms with Gasteiger partial charge in [0.2, 0.25) is 0 Å². The van der Waals surface area contributed by atoms with Crippen LogP contribution in [0, 0.1) is 0 Å². The maximum atomic E-state index is 2.61. The van der Waals surface area contributed by atoms with Gasteiger partial charge in [0, 0.05) is 38.3 Å². The van der Waals surface area contributed by atoms with Crippen molar-refractivity contribution in [3.05, 3.63) is 215 Å². The van der Waals surface area contributed by atoms with E-state index in [1.165, 1.54) is 137 Å². The number of rotatable bonds is 4. The summed E-state index contributed by atoms with van der Waals surface area (Å²) in [5.74, 6) is 0. The molecule has 0 radical (unpaired) electrons. The molecule has 2 nitrogen and oxygen atoms in total. The van der Waals surface area contributed by atoms with Gasteiger partial charge in [-0.3, -0.25) is 0 Å². The second-order valence-electron chi connectivity index (χ2n) is 19.3. The highest BCUT2D eigenvalue weighted by Crippen LogP contribution is 2.47. The van der Waals surface area contributed by atoms with E-state index < -0.39 is 0 Å². The number of para-hydroxylation sites is 2. The van der Waals surface area contributed by atoms with Crippen molar-refractivity contribution in [2.24, 2.45) is 0 Å². The van der Waals surface area contributed by atoms with E-state index in [2.05, 4.69) is 209 Å². The molecule has 2 heteroatoms. The largest absolute Gasteiger partial charge is 0.333 e. The summed E-state index contributed by atoms with van der Waals surface area (Å²) in [6, 6.07) is 56.0. The highest BCUT2D eigenvalue weighted by molar-refractivity contribution is 6.26. The molecular formula is C65H46N2. The topological polar surface area (TPSA) is 9.86 Å². The summed E-state index contributed by atoms with van der Waals surface area (Å²) in [5, 5.41) is 13.6. The third-order valence-corrected chi connectivity index (χ3v) is 15.8. The van der Waals surface area contributed by atoms with Gasteiger partial charge in [-0.05, 0) is 175 Å². The summed E-state index contributed by atoms with van der Waals surface area (Å²) in [5.41, 5.74) is 20.1. The number of fused-ring (bicyclic) bond motifs is 17. The Morgan fingerprint density at radius 1 is 0.448 bits per heavy atom. The number of aromatic nitrogens is 2. The van der Waals surface area contributed by atoms with E-state index >= 15 is 0 Å². The van der Waals surface area contributed by atoms with Crippen LogP contribution in [0.4, 0.5) is 0 Å². The normalized spacial score (nSPS) is 16.3. The average Bonchev–Trinajstić information content (AvgIpc) is 4.11. The molecule has 0 aliphatic heterocycles. The lowest BCUT2D eigenvalue weighted by molar-refractivity contribution is 0.636. The number of hydrogen-bond donors (Lipinski definition) is 0. The van der Waals surface area contributed by atoms with Crippen LogP contribution in [-0.4, -0.2) is 9.13 Å². The Morgan fingerprint density at radius 2 is 1.15 bits per heavy atom. The molecule has 0 amide bonds. The molecule has 0 N–H and O–H groups in total. The zero-order valence-corrected chi connectivity index (χ0v) is 37.3. The van der Waals surface area contributed by atoms with E-state index in [1.807, 2.05) is 0 Å². The Bertz CT molecular complexity index is 4150. The van der Waals surface area contributed by atoms with Crippen LogP contribution in [0.25, 0.3) is 122 Å². The van der Waals surface area contributed by atoms with Crippen LogP contribution in [0.5, 0.6) is 0 Å². The maximum absolute atomic E-state index is 2.61.